The molecule has 0 saturated carbocycles. The first-order valence-corrected chi connectivity index (χ1v) is 6.99. The molecule has 5 nitrogen and oxygen atoms in total. The van der Waals surface area contributed by atoms with Crippen LogP contribution >= 0.6 is 0 Å². The Morgan fingerprint density at radius 1 is 1.17 bits per heavy atom. The number of carbonyl (C=O) groups is 2. The molecule has 2 aliphatic rings. The summed E-state index contributed by atoms with van der Waals surface area (Å²) in [5.74, 6) is 0.0810. The zero-order valence-corrected chi connectivity index (χ0v) is 11.1. The van der Waals surface area contributed by atoms with Crippen LogP contribution in [0.15, 0.2) is 0 Å². The van der Waals surface area contributed by atoms with E-state index in [0.717, 1.165) is 45.2 Å². The number of hydrogen-bond donors (Lipinski definition) is 2. The lowest BCUT2D eigenvalue weighted by molar-refractivity contribution is -0.139. The molecule has 0 aromatic carbocycles. The van der Waals surface area contributed by atoms with Crippen molar-refractivity contribution in [3.63, 3.8) is 0 Å². The Labute approximate surface area is 108 Å². The van der Waals surface area contributed by atoms with Crippen molar-refractivity contribution in [3.8, 4) is 0 Å². The van der Waals surface area contributed by atoms with Crippen molar-refractivity contribution in [3.05, 3.63) is 0 Å². The summed E-state index contributed by atoms with van der Waals surface area (Å²) in [4.78, 5) is 26.0. The molecule has 102 valence electrons. The van der Waals surface area contributed by atoms with Crippen molar-refractivity contribution in [1.82, 2.24) is 15.5 Å². The number of rotatable bonds is 2. The molecule has 0 aliphatic carbocycles. The number of likely N-dealkylation sites (tertiary alicyclic amines) is 1. The lowest BCUT2D eigenvalue weighted by atomic mass is 10.1. The van der Waals surface area contributed by atoms with E-state index in [1.54, 1.807) is 11.9 Å². The molecule has 5 heteroatoms. The second-order valence-electron chi connectivity index (χ2n) is 5.16. The summed E-state index contributed by atoms with van der Waals surface area (Å²) in [7, 11) is 1.63. The number of amides is 2. The average molecular weight is 253 g/mol. The van der Waals surface area contributed by atoms with Crippen molar-refractivity contribution >= 4 is 11.8 Å². The molecule has 2 rings (SSSR count). The highest BCUT2D eigenvalue weighted by atomic mass is 16.2. The normalized spacial score (nSPS) is 28.8. The van der Waals surface area contributed by atoms with Gasteiger partial charge in [0.25, 0.3) is 0 Å². The Morgan fingerprint density at radius 3 is 2.78 bits per heavy atom. The van der Waals surface area contributed by atoms with Crippen LogP contribution in [-0.4, -0.2) is 48.9 Å². The van der Waals surface area contributed by atoms with E-state index in [9.17, 15) is 9.59 Å². The highest BCUT2D eigenvalue weighted by Gasteiger charge is 2.36. The van der Waals surface area contributed by atoms with E-state index in [1.165, 1.54) is 6.42 Å². The van der Waals surface area contributed by atoms with Crippen LogP contribution in [0.5, 0.6) is 0 Å². The number of carbonyl (C=O) groups excluding carboxylic acids is 2. The average Bonchev–Trinajstić information content (AvgIpc) is 2.72. The molecule has 0 radical (unpaired) electrons. The van der Waals surface area contributed by atoms with Gasteiger partial charge in [0.05, 0.1) is 6.04 Å². The van der Waals surface area contributed by atoms with Crippen LogP contribution in [0.25, 0.3) is 0 Å². The van der Waals surface area contributed by atoms with Gasteiger partial charge in [-0.15, -0.1) is 0 Å². The van der Waals surface area contributed by atoms with Crippen molar-refractivity contribution in [1.29, 1.82) is 0 Å². The molecule has 2 atom stereocenters. The van der Waals surface area contributed by atoms with Gasteiger partial charge in [0.15, 0.2) is 0 Å². The lowest BCUT2D eigenvalue weighted by Gasteiger charge is -2.27. The zero-order valence-electron chi connectivity index (χ0n) is 11.1. The number of nitrogens with zero attached hydrogens (tertiary/aromatic N) is 1. The maximum Gasteiger partial charge on any atom is 0.242 e. The number of nitrogens with one attached hydrogen (secondary N) is 2. The molecule has 0 aromatic rings. The molecular weight excluding hydrogens is 230 g/mol. The highest BCUT2D eigenvalue weighted by Crippen LogP contribution is 2.20. The van der Waals surface area contributed by atoms with Gasteiger partial charge in [-0.05, 0) is 32.2 Å². The van der Waals surface area contributed by atoms with E-state index in [4.69, 9.17) is 0 Å². The Morgan fingerprint density at radius 2 is 2.00 bits per heavy atom. The summed E-state index contributed by atoms with van der Waals surface area (Å²) in [6.45, 7) is 1.63. The Kier molecular flexibility index (Phi) is 4.58. The summed E-state index contributed by atoms with van der Waals surface area (Å²) in [6, 6.07) is -0.342. The molecule has 2 unspecified atom stereocenters. The Bertz CT molecular complexity index is 311. The molecule has 2 fully saturated rings. The summed E-state index contributed by atoms with van der Waals surface area (Å²) in [5.41, 5.74) is 0. The third-order valence-electron chi connectivity index (χ3n) is 3.94. The van der Waals surface area contributed by atoms with Crippen LogP contribution in [0.2, 0.25) is 0 Å². The van der Waals surface area contributed by atoms with Gasteiger partial charge < -0.3 is 15.5 Å². The third-order valence-corrected chi connectivity index (χ3v) is 3.94. The number of hydrogen-bond acceptors (Lipinski definition) is 3. The fraction of sp³-hybridized carbons (Fsp3) is 0.846. The van der Waals surface area contributed by atoms with E-state index in [2.05, 4.69) is 10.6 Å². The van der Waals surface area contributed by atoms with Crippen molar-refractivity contribution in [2.45, 2.75) is 50.6 Å². The second kappa shape index (κ2) is 6.18. The SMILES string of the molecule is CNC(=O)C1CCCN1C(=O)C1CCCCCN1. The summed E-state index contributed by atoms with van der Waals surface area (Å²) < 4.78 is 0. The Balaban J connectivity index is 2.00. The predicted molar refractivity (Wildman–Crippen MR) is 69.1 cm³/mol. The quantitative estimate of drug-likeness (QED) is 0.742. The van der Waals surface area contributed by atoms with Crippen LogP contribution in [-0.2, 0) is 9.59 Å². The first-order chi connectivity index (χ1) is 8.74. The summed E-state index contributed by atoms with van der Waals surface area (Å²) in [6.07, 6.45) is 6.05. The first-order valence-electron chi connectivity index (χ1n) is 6.99. The summed E-state index contributed by atoms with van der Waals surface area (Å²) >= 11 is 0. The first kappa shape index (κ1) is 13.3. The maximum atomic E-state index is 12.5. The number of likely N-dealkylation sites (N-methyl/N-ethyl adjacent to an activating group) is 1. The van der Waals surface area contributed by atoms with E-state index in [0.29, 0.717) is 0 Å². The van der Waals surface area contributed by atoms with Crippen LogP contribution in [0, 0.1) is 0 Å². The van der Waals surface area contributed by atoms with Crippen molar-refractivity contribution in [2.75, 3.05) is 20.1 Å². The predicted octanol–water partition coefficient (Wildman–Crippen LogP) is 0.256. The van der Waals surface area contributed by atoms with Gasteiger partial charge in [-0.25, -0.2) is 0 Å². The molecule has 2 saturated heterocycles. The Hall–Kier alpha value is -1.10. The molecule has 0 spiro atoms. The molecule has 18 heavy (non-hydrogen) atoms. The fourth-order valence-electron chi connectivity index (χ4n) is 2.91. The maximum absolute atomic E-state index is 12.5. The molecule has 0 aromatic heterocycles. The van der Waals surface area contributed by atoms with Crippen LogP contribution in [0.3, 0.4) is 0 Å². The van der Waals surface area contributed by atoms with Crippen molar-refractivity contribution < 1.29 is 9.59 Å². The van der Waals surface area contributed by atoms with E-state index >= 15 is 0 Å². The minimum atomic E-state index is -0.257. The molecule has 2 amide bonds. The smallest absolute Gasteiger partial charge is 0.242 e. The second-order valence-corrected chi connectivity index (χ2v) is 5.16. The topological polar surface area (TPSA) is 61.4 Å². The van der Waals surface area contributed by atoms with Gasteiger partial charge in [-0.3, -0.25) is 9.59 Å². The minimum absolute atomic E-state index is 0.0329. The minimum Gasteiger partial charge on any atom is -0.357 e. The molecule has 2 N–H and O–H groups in total. The van der Waals surface area contributed by atoms with Gasteiger partial charge in [0, 0.05) is 13.6 Å². The van der Waals surface area contributed by atoms with Gasteiger partial charge in [-0.1, -0.05) is 12.8 Å². The zero-order chi connectivity index (χ0) is 13.0. The standard InChI is InChI=1S/C13H23N3O2/c1-14-12(17)11-7-5-9-16(11)13(18)10-6-3-2-4-8-15-10/h10-11,15H,2-9H2,1H3,(H,14,17). The molecular formula is C13H23N3O2. The van der Waals surface area contributed by atoms with E-state index in [-0.39, 0.29) is 23.9 Å². The molecule has 2 heterocycles. The van der Waals surface area contributed by atoms with E-state index in [1.807, 2.05) is 0 Å². The van der Waals surface area contributed by atoms with E-state index < -0.39 is 0 Å². The van der Waals surface area contributed by atoms with Crippen LogP contribution in [0.1, 0.15) is 38.5 Å². The van der Waals surface area contributed by atoms with Crippen molar-refractivity contribution in [2.24, 2.45) is 0 Å². The highest BCUT2D eigenvalue weighted by molar-refractivity contribution is 5.90. The lowest BCUT2D eigenvalue weighted by Crippen LogP contribution is -2.51. The third kappa shape index (κ3) is 2.83. The van der Waals surface area contributed by atoms with Gasteiger partial charge in [0.1, 0.15) is 6.04 Å². The largest absolute Gasteiger partial charge is 0.357 e. The van der Waals surface area contributed by atoms with Crippen LogP contribution < -0.4 is 10.6 Å². The molecule has 0 bridgehead atoms. The van der Waals surface area contributed by atoms with Crippen LogP contribution in [0.4, 0.5) is 0 Å². The van der Waals surface area contributed by atoms with Gasteiger partial charge in [-0.2, -0.15) is 0 Å². The van der Waals surface area contributed by atoms with Gasteiger partial charge >= 0.3 is 0 Å². The molecule has 2 aliphatic heterocycles. The monoisotopic (exact) mass is 253 g/mol. The van der Waals surface area contributed by atoms with Gasteiger partial charge in [0.2, 0.25) is 11.8 Å². The summed E-state index contributed by atoms with van der Waals surface area (Å²) in [5, 5.41) is 5.97. The fourth-order valence-corrected chi connectivity index (χ4v) is 2.91.